The topological polar surface area (TPSA) is 26.0 Å². The van der Waals surface area contributed by atoms with Gasteiger partial charge >= 0.3 is 0 Å². The van der Waals surface area contributed by atoms with Gasteiger partial charge in [-0.05, 0) is 37.9 Å². The Morgan fingerprint density at radius 1 is 1.21 bits per heavy atom. The van der Waals surface area contributed by atoms with Gasteiger partial charge in [-0.1, -0.05) is 11.6 Å². The van der Waals surface area contributed by atoms with Gasteiger partial charge in [0.05, 0.1) is 5.02 Å². The standard InChI is InChI=1S/C10H12ClF2N/c11-8-4-5-9(12)7(10(8)13)3-1-2-6-14/h4-5H,1-3,6,14H2. The number of nitrogens with two attached hydrogens (primary N) is 1. The molecule has 14 heavy (non-hydrogen) atoms. The first-order valence-corrected chi connectivity index (χ1v) is 4.87. The third kappa shape index (κ3) is 2.66. The van der Waals surface area contributed by atoms with Crippen molar-refractivity contribution in [2.75, 3.05) is 6.54 Å². The fourth-order valence-electron chi connectivity index (χ4n) is 1.24. The summed E-state index contributed by atoms with van der Waals surface area (Å²) in [5.74, 6) is -1.19. The first kappa shape index (κ1) is 11.4. The summed E-state index contributed by atoms with van der Waals surface area (Å²) in [6.07, 6.45) is 1.77. The van der Waals surface area contributed by atoms with Gasteiger partial charge in [0.2, 0.25) is 0 Å². The molecule has 0 aromatic heterocycles. The highest BCUT2D eigenvalue weighted by Crippen LogP contribution is 2.22. The van der Waals surface area contributed by atoms with Crippen molar-refractivity contribution in [3.63, 3.8) is 0 Å². The zero-order chi connectivity index (χ0) is 10.6. The average molecular weight is 220 g/mol. The van der Waals surface area contributed by atoms with Crippen molar-refractivity contribution in [2.24, 2.45) is 5.73 Å². The van der Waals surface area contributed by atoms with Gasteiger partial charge in [-0.25, -0.2) is 8.78 Å². The van der Waals surface area contributed by atoms with Gasteiger partial charge < -0.3 is 5.73 Å². The molecular formula is C10H12ClF2N. The number of benzene rings is 1. The van der Waals surface area contributed by atoms with Crippen molar-refractivity contribution < 1.29 is 8.78 Å². The summed E-state index contributed by atoms with van der Waals surface area (Å²) >= 11 is 5.53. The van der Waals surface area contributed by atoms with E-state index in [4.69, 9.17) is 17.3 Å². The fraction of sp³-hybridized carbons (Fsp3) is 0.400. The second-order valence-corrected chi connectivity index (χ2v) is 3.47. The third-order valence-electron chi connectivity index (χ3n) is 2.02. The van der Waals surface area contributed by atoms with Crippen molar-refractivity contribution in [3.8, 4) is 0 Å². The van der Waals surface area contributed by atoms with Gasteiger partial charge in [-0.3, -0.25) is 0 Å². The van der Waals surface area contributed by atoms with Crippen LogP contribution in [0.25, 0.3) is 0 Å². The first-order chi connectivity index (χ1) is 6.66. The van der Waals surface area contributed by atoms with Crippen LogP contribution in [0.3, 0.4) is 0 Å². The minimum Gasteiger partial charge on any atom is -0.330 e. The van der Waals surface area contributed by atoms with Crippen molar-refractivity contribution in [2.45, 2.75) is 19.3 Å². The average Bonchev–Trinajstić information content (AvgIpc) is 2.18. The van der Waals surface area contributed by atoms with E-state index in [2.05, 4.69) is 0 Å². The fourth-order valence-corrected chi connectivity index (χ4v) is 1.42. The van der Waals surface area contributed by atoms with Crippen LogP contribution in [0, 0.1) is 11.6 Å². The quantitative estimate of drug-likeness (QED) is 0.612. The van der Waals surface area contributed by atoms with E-state index < -0.39 is 11.6 Å². The number of rotatable bonds is 4. The molecule has 2 N–H and O–H groups in total. The van der Waals surface area contributed by atoms with Crippen LogP contribution >= 0.6 is 11.6 Å². The Balaban J connectivity index is 2.79. The molecule has 0 heterocycles. The van der Waals surface area contributed by atoms with Crippen LogP contribution in [0.5, 0.6) is 0 Å². The summed E-state index contributed by atoms with van der Waals surface area (Å²) in [4.78, 5) is 0. The minimum atomic E-state index is -0.649. The van der Waals surface area contributed by atoms with Gasteiger partial charge in [0.15, 0.2) is 0 Å². The molecule has 0 radical (unpaired) electrons. The molecule has 1 aromatic carbocycles. The van der Waals surface area contributed by atoms with Crippen molar-refractivity contribution in [1.82, 2.24) is 0 Å². The van der Waals surface area contributed by atoms with E-state index in [1.54, 1.807) is 0 Å². The van der Waals surface area contributed by atoms with Crippen molar-refractivity contribution in [1.29, 1.82) is 0 Å². The van der Waals surface area contributed by atoms with E-state index in [1.807, 2.05) is 0 Å². The number of hydrogen-bond donors (Lipinski definition) is 1. The highest BCUT2D eigenvalue weighted by Gasteiger charge is 2.11. The van der Waals surface area contributed by atoms with Gasteiger partial charge in [-0.15, -0.1) is 0 Å². The molecule has 0 saturated heterocycles. The van der Waals surface area contributed by atoms with Gasteiger partial charge in [0.1, 0.15) is 11.6 Å². The van der Waals surface area contributed by atoms with E-state index in [0.29, 0.717) is 19.4 Å². The molecule has 0 bridgehead atoms. The van der Waals surface area contributed by atoms with Crippen LogP contribution in [0.4, 0.5) is 8.78 Å². The van der Waals surface area contributed by atoms with Crippen LogP contribution in [0.2, 0.25) is 5.02 Å². The number of halogens is 3. The lowest BCUT2D eigenvalue weighted by molar-refractivity contribution is 0.547. The summed E-state index contributed by atoms with van der Waals surface area (Å²) in [6, 6.07) is 2.40. The van der Waals surface area contributed by atoms with Crippen molar-refractivity contribution >= 4 is 11.6 Å². The van der Waals surface area contributed by atoms with Crippen LogP contribution in [-0.2, 0) is 6.42 Å². The maximum Gasteiger partial charge on any atom is 0.147 e. The highest BCUT2D eigenvalue weighted by molar-refractivity contribution is 6.30. The Kier molecular flexibility index (Phi) is 4.29. The highest BCUT2D eigenvalue weighted by atomic mass is 35.5. The molecule has 0 aliphatic carbocycles. The Morgan fingerprint density at radius 2 is 1.93 bits per heavy atom. The van der Waals surface area contributed by atoms with Crippen LogP contribution in [-0.4, -0.2) is 6.54 Å². The normalized spacial score (nSPS) is 10.6. The Hall–Kier alpha value is -0.670. The molecule has 1 aromatic rings. The van der Waals surface area contributed by atoms with Gasteiger partial charge in [-0.2, -0.15) is 0 Å². The maximum atomic E-state index is 13.3. The second kappa shape index (κ2) is 5.27. The van der Waals surface area contributed by atoms with Gasteiger partial charge in [0, 0.05) is 5.56 Å². The second-order valence-electron chi connectivity index (χ2n) is 3.07. The lowest BCUT2D eigenvalue weighted by atomic mass is 10.1. The molecule has 4 heteroatoms. The molecule has 0 fully saturated rings. The zero-order valence-corrected chi connectivity index (χ0v) is 8.45. The van der Waals surface area contributed by atoms with E-state index in [9.17, 15) is 8.78 Å². The summed E-state index contributed by atoms with van der Waals surface area (Å²) in [5.41, 5.74) is 5.35. The molecule has 0 aliphatic heterocycles. The number of unbranched alkanes of at least 4 members (excludes halogenated alkanes) is 1. The smallest absolute Gasteiger partial charge is 0.147 e. The van der Waals surface area contributed by atoms with E-state index in [0.717, 1.165) is 6.42 Å². The molecule has 0 amide bonds. The SMILES string of the molecule is NCCCCc1c(F)ccc(Cl)c1F. The van der Waals surface area contributed by atoms with E-state index in [1.165, 1.54) is 12.1 Å². The van der Waals surface area contributed by atoms with E-state index in [-0.39, 0.29) is 10.6 Å². The summed E-state index contributed by atoms with van der Waals surface area (Å²) in [6.45, 7) is 0.532. The first-order valence-electron chi connectivity index (χ1n) is 4.49. The predicted molar refractivity (Wildman–Crippen MR) is 53.4 cm³/mol. The lowest BCUT2D eigenvalue weighted by Gasteiger charge is -2.05. The molecule has 0 spiro atoms. The summed E-state index contributed by atoms with van der Waals surface area (Å²) < 4.78 is 26.4. The van der Waals surface area contributed by atoms with E-state index >= 15 is 0 Å². The van der Waals surface area contributed by atoms with Crippen LogP contribution < -0.4 is 5.73 Å². The Bertz CT molecular complexity index is 315. The monoisotopic (exact) mass is 219 g/mol. The van der Waals surface area contributed by atoms with Crippen molar-refractivity contribution in [3.05, 3.63) is 34.4 Å². The van der Waals surface area contributed by atoms with Crippen LogP contribution in [0.15, 0.2) is 12.1 Å². The van der Waals surface area contributed by atoms with Crippen LogP contribution in [0.1, 0.15) is 18.4 Å². The molecule has 0 aliphatic rings. The maximum absolute atomic E-state index is 13.3. The molecule has 78 valence electrons. The summed E-state index contributed by atoms with van der Waals surface area (Å²) in [5, 5.41) is -0.0332. The van der Waals surface area contributed by atoms with Gasteiger partial charge in [0.25, 0.3) is 0 Å². The zero-order valence-electron chi connectivity index (χ0n) is 7.69. The predicted octanol–water partition coefficient (Wildman–Crippen LogP) is 2.90. The molecule has 0 saturated carbocycles. The lowest BCUT2D eigenvalue weighted by Crippen LogP contribution is -2.01. The molecule has 0 unspecified atom stereocenters. The summed E-state index contributed by atoms with van der Waals surface area (Å²) in [7, 11) is 0. The number of hydrogen-bond acceptors (Lipinski definition) is 1. The molecule has 1 nitrogen and oxygen atoms in total. The largest absolute Gasteiger partial charge is 0.330 e. The molecule has 0 atom stereocenters. The Morgan fingerprint density at radius 3 is 2.57 bits per heavy atom. The molecule has 1 rings (SSSR count). The Labute approximate surface area is 86.9 Å². The molecular weight excluding hydrogens is 208 g/mol. The third-order valence-corrected chi connectivity index (χ3v) is 2.31. The minimum absolute atomic E-state index is 0.0332.